The lowest BCUT2D eigenvalue weighted by atomic mass is 10.1. The summed E-state index contributed by atoms with van der Waals surface area (Å²) in [4.78, 5) is 28.7. The molecule has 5 aromatic rings. The maximum Gasteiger partial charge on any atom is 0.331 e. The van der Waals surface area contributed by atoms with Gasteiger partial charge in [0.1, 0.15) is 18.9 Å². The Bertz CT molecular complexity index is 1730. The van der Waals surface area contributed by atoms with E-state index >= 15 is 0 Å². The van der Waals surface area contributed by atoms with Crippen molar-refractivity contribution in [2.24, 2.45) is 0 Å². The number of ketones is 1. The van der Waals surface area contributed by atoms with E-state index in [1.807, 2.05) is 72.9 Å². The molecule has 200 valence electrons. The predicted molar refractivity (Wildman–Crippen MR) is 152 cm³/mol. The maximum absolute atomic E-state index is 12.9. The van der Waals surface area contributed by atoms with Crippen LogP contribution in [0.5, 0.6) is 11.5 Å². The average molecular weight is 534 g/mol. The summed E-state index contributed by atoms with van der Waals surface area (Å²) in [6, 6.07) is 21.2. The fraction of sp³-hybridized carbons (Fsp3) is 0.156. The number of para-hydroxylation sites is 2. The summed E-state index contributed by atoms with van der Waals surface area (Å²) in [5.74, 6) is 0.441. The molecule has 40 heavy (non-hydrogen) atoms. The molecule has 8 heteroatoms. The van der Waals surface area contributed by atoms with E-state index in [0.29, 0.717) is 41.5 Å². The number of carbonyl (C=O) groups is 2. The number of H-pyrrole nitrogens is 1. The highest BCUT2D eigenvalue weighted by atomic mass is 16.6. The quantitative estimate of drug-likeness (QED) is 0.154. The van der Waals surface area contributed by atoms with Crippen LogP contribution in [-0.2, 0) is 16.0 Å². The van der Waals surface area contributed by atoms with E-state index in [0.717, 1.165) is 34.1 Å². The number of aromatic amines is 1. The van der Waals surface area contributed by atoms with Gasteiger partial charge in [0.2, 0.25) is 5.78 Å². The third-order valence-corrected chi connectivity index (χ3v) is 6.81. The number of carbonyl (C=O) groups excluding carboxylic acids is 2. The van der Waals surface area contributed by atoms with Crippen molar-refractivity contribution in [3.63, 3.8) is 0 Å². The molecule has 3 aromatic carbocycles. The van der Waals surface area contributed by atoms with Gasteiger partial charge in [0, 0.05) is 46.1 Å². The Hall–Kier alpha value is -5.11. The first-order chi connectivity index (χ1) is 19.6. The molecule has 0 amide bonds. The van der Waals surface area contributed by atoms with Gasteiger partial charge in [-0.1, -0.05) is 43.3 Å². The van der Waals surface area contributed by atoms with Crippen molar-refractivity contribution in [2.75, 3.05) is 19.8 Å². The topological polar surface area (TPSA) is 95.4 Å². The molecule has 1 N–H and O–H groups in total. The number of ether oxygens (including phenoxy) is 3. The van der Waals surface area contributed by atoms with E-state index in [-0.39, 0.29) is 12.4 Å². The lowest BCUT2D eigenvalue weighted by Gasteiger charge is -2.18. The SMILES string of the molecule is CCc1cccc2c(C(=O)COC(=O)/C=C/c3cn(-c4ccccc4)nc3-c3ccc4c(c3)OCCO4)c[nH]c12. The van der Waals surface area contributed by atoms with Crippen molar-refractivity contribution in [2.45, 2.75) is 13.3 Å². The fourth-order valence-electron chi connectivity index (χ4n) is 4.80. The molecule has 0 radical (unpaired) electrons. The maximum atomic E-state index is 12.9. The molecule has 0 unspecified atom stereocenters. The monoisotopic (exact) mass is 533 g/mol. The summed E-state index contributed by atoms with van der Waals surface area (Å²) >= 11 is 0. The molecule has 2 aromatic heterocycles. The van der Waals surface area contributed by atoms with E-state index in [2.05, 4.69) is 11.9 Å². The smallest absolute Gasteiger partial charge is 0.331 e. The van der Waals surface area contributed by atoms with Crippen molar-refractivity contribution >= 4 is 28.7 Å². The molecule has 0 aliphatic carbocycles. The van der Waals surface area contributed by atoms with Gasteiger partial charge in [-0.2, -0.15) is 5.10 Å². The van der Waals surface area contributed by atoms with Crippen LogP contribution in [0.1, 0.15) is 28.4 Å². The molecular formula is C32H27N3O5. The molecule has 1 aliphatic rings. The molecule has 0 atom stereocenters. The number of esters is 1. The summed E-state index contributed by atoms with van der Waals surface area (Å²) in [6.45, 7) is 2.69. The van der Waals surface area contributed by atoms with Crippen LogP contribution in [0.2, 0.25) is 0 Å². The van der Waals surface area contributed by atoms with E-state index in [4.69, 9.17) is 19.3 Å². The standard InChI is InChI=1S/C32H27N3O5/c1-2-21-7-6-10-25-26(18-33-32(21)25)27(36)20-40-30(37)14-12-23-19-35(24-8-4-3-5-9-24)34-31(23)22-11-13-28-29(17-22)39-16-15-38-28/h3-14,17-19,33H,2,15-16,20H2,1H3/b14-12+. The zero-order valence-corrected chi connectivity index (χ0v) is 21.9. The molecule has 3 heterocycles. The first-order valence-electron chi connectivity index (χ1n) is 13.1. The van der Waals surface area contributed by atoms with Gasteiger partial charge >= 0.3 is 5.97 Å². The summed E-state index contributed by atoms with van der Waals surface area (Å²) in [5, 5.41) is 5.62. The lowest BCUT2D eigenvalue weighted by Crippen LogP contribution is -2.15. The van der Waals surface area contributed by atoms with Crippen LogP contribution < -0.4 is 9.47 Å². The second kappa shape index (κ2) is 10.9. The van der Waals surface area contributed by atoms with Gasteiger partial charge in [0.25, 0.3) is 0 Å². The fourth-order valence-corrected chi connectivity index (χ4v) is 4.80. The zero-order valence-electron chi connectivity index (χ0n) is 21.9. The minimum absolute atomic E-state index is 0.268. The molecule has 1 aliphatic heterocycles. The van der Waals surface area contributed by atoms with Crippen LogP contribution in [-0.4, -0.2) is 46.3 Å². The van der Waals surface area contributed by atoms with Crippen LogP contribution in [0.3, 0.4) is 0 Å². The summed E-state index contributed by atoms with van der Waals surface area (Å²) in [5.41, 5.74) is 5.61. The van der Waals surface area contributed by atoms with E-state index in [1.165, 1.54) is 6.08 Å². The van der Waals surface area contributed by atoms with E-state index in [9.17, 15) is 9.59 Å². The number of benzene rings is 3. The van der Waals surface area contributed by atoms with Crippen LogP contribution in [0.25, 0.3) is 33.9 Å². The lowest BCUT2D eigenvalue weighted by molar-refractivity contribution is -0.136. The minimum atomic E-state index is -0.622. The van der Waals surface area contributed by atoms with Crippen LogP contribution in [0.4, 0.5) is 0 Å². The highest BCUT2D eigenvalue weighted by molar-refractivity contribution is 6.09. The molecule has 0 saturated carbocycles. The van der Waals surface area contributed by atoms with E-state index < -0.39 is 5.97 Å². The summed E-state index contributed by atoms with van der Waals surface area (Å²) in [6.07, 6.45) is 7.32. The second-order valence-corrected chi connectivity index (χ2v) is 9.33. The van der Waals surface area contributed by atoms with Crippen molar-refractivity contribution in [1.29, 1.82) is 0 Å². The van der Waals surface area contributed by atoms with Gasteiger partial charge in [0.15, 0.2) is 18.1 Å². The van der Waals surface area contributed by atoms with Crippen LogP contribution in [0, 0.1) is 0 Å². The first-order valence-corrected chi connectivity index (χ1v) is 13.1. The van der Waals surface area contributed by atoms with Gasteiger partial charge < -0.3 is 19.2 Å². The van der Waals surface area contributed by atoms with Crippen molar-refractivity contribution in [3.8, 4) is 28.4 Å². The minimum Gasteiger partial charge on any atom is -0.486 e. The Morgan fingerprint density at radius 1 is 1.02 bits per heavy atom. The van der Waals surface area contributed by atoms with Gasteiger partial charge in [-0.3, -0.25) is 4.79 Å². The van der Waals surface area contributed by atoms with Crippen molar-refractivity contribution in [1.82, 2.24) is 14.8 Å². The first kappa shape index (κ1) is 25.2. The number of nitrogens with zero attached hydrogens (tertiary/aromatic N) is 2. The Morgan fingerprint density at radius 3 is 2.67 bits per heavy atom. The van der Waals surface area contributed by atoms with Crippen molar-refractivity contribution in [3.05, 3.63) is 102 Å². The van der Waals surface area contributed by atoms with Gasteiger partial charge in [-0.15, -0.1) is 0 Å². The third-order valence-electron chi connectivity index (χ3n) is 6.81. The Kier molecular flexibility index (Phi) is 6.89. The van der Waals surface area contributed by atoms with Crippen LogP contribution >= 0.6 is 0 Å². The largest absolute Gasteiger partial charge is 0.486 e. The summed E-state index contributed by atoms with van der Waals surface area (Å²) < 4.78 is 18.5. The molecule has 0 fully saturated rings. The average Bonchev–Trinajstić information content (AvgIpc) is 3.64. The number of hydrogen-bond acceptors (Lipinski definition) is 6. The molecular weight excluding hydrogens is 506 g/mol. The number of hydrogen-bond donors (Lipinski definition) is 1. The molecule has 0 spiro atoms. The Labute approximate surface area is 230 Å². The van der Waals surface area contributed by atoms with Gasteiger partial charge in [-0.05, 0) is 48.4 Å². The molecule has 8 nitrogen and oxygen atoms in total. The number of aryl methyl sites for hydroxylation is 1. The molecule has 0 saturated heterocycles. The molecule has 0 bridgehead atoms. The highest BCUT2D eigenvalue weighted by Crippen LogP contribution is 2.35. The van der Waals surface area contributed by atoms with Crippen LogP contribution in [0.15, 0.2) is 85.2 Å². The summed E-state index contributed by atoms with van der Waals surface area (Å²) in [7, 11) is 0. The number of Topliss-reactive ketones (excluding diaryl/α,β-unsaturated/α-hetero) is 1. The van der Waals surface area contributed by atoms with Gasteiger partial charge in [0.05, 0.1) is 5.69 Å². The number of nitrogens with one attached hydrogen (secondary N) is 1. The molecule has 6 rings (SSSR count). The number of aromatic nitrogens is 3. The number of fused-ring (bicyclic) bond motifs is 2. The highest BCUT2D eigenvalue weighted by Gasteiger charge is 2.18. The zero-order chi connectivity index (χ0) is 27.5. The van der Waals surface area contributed by atoms with Gasteiger partial charge in [-0.25, -0.2) is 9.48 Å². The second-order valence-electron chi connectivity index (χ2n) is 9.33. The Balaban J connectivity index is 1.22. The van der Waals surface area contributed by atoms with E-state index in [1.54, 1.807) is 17.0 Å². The predicted octanol–water partition coefficient (Wildman–Crippen LogP) is 5.79. The normalized spacial score (nSPS) is 12.6. The third kappa shape index (κ3) is 4.99. The Morgan fingerprint density at radius 2 is 1.85 bits per heavy atom. The number of rotatable bonds is 8. The van der Waals surface area contributed by atoms with Crippen molar-refractivity contribution < 1.29 is 23.8 Å².